The predicted molar refractivity (Wildman–Crippen MR) is 81.2 cm³/mol. The van der Waals surface area contributed by atoms with Crippen LogP contribution in [0.5, 0.6) is 0 Å². The molecule has 2 amide bonds. The molecule has 2 rings (SSSR count). The molecule has 110 valence electrons. The van der Waals surface area contributed by atoms with E-state index in [1.54, 1.807) is 7.05 Å². The lowest BCUT2D eigenvalue weighted by molar-refractivity contribution is 0.194. The van der Waals surface area contributed by atoms with Crippen molar-refractivity contribution < 1.29 is 13.2 Å². The Bertz CT molecular complexity index is 603. The molecule has 1 N–H and O–H groups in total. The Hall–Kier alpha value is -1.08. The van der Waals surface area contributed by atoms with E-state index < -0.39 is 9.84 Å². The zero-order chi connectivity index (χ0) is 14.8. The Morgan fingerprint density at radius 2 is 2.25 bits per heavy atom. The number of rotatable bonds is 3. The van der Waals surface area contributed by atoms with Crippen LogP contribution in [-0.2, 0) is 16.4 Å². The van der Waals surface area contributed by atoms with Crippen molar-refractivity contribution in [2.75, 3.05) is 18.6 Å². The highest BCUT2D eigenvalue weighted by Gasteiger charge is 2.32. The molecule has 7 heteroatoms. The van der Waals surface area contributed by atoms with Crippen LogP contribution in [0.3, 0.4) is 0 Å². The highest BCUT2D eigenvalue weighted by Crippen LogP contribution is 2.16. The molecule has 0 spiro atoms. The number of carbonyl (C=O) groups is 1. The topological polar surface area (TPSA) is 66.5 Å². The van der Waals surface area contributed by atoms with Crippen LogP contribution in [0.25, 0.3) is 0 Å². The monoisotopic (exact) mass is 360 g/mol. The molecular formula is C13H17BrN2O3S. The van der Waals surface area contributed by atoms with Crippen molar-refractivity contribution in [2.45, 2.75) is 19.0 Å². The molecule has 0 bridgehead atoms. The van der Waals surface area contributed by atoms with Crippen LogP contribution >= 0.6 is 15.9 Å². The van der Waals surface area contributed by atoms with Crippen molar-refractivity contribution in [1.82, 2.24) is 10.2 Å². The summed E-state index contributed by atoms with van der Waals surface area (Å²) in [5, 5.41) is 2.80. The number of halogens is 1. The molecular weight excluding hydrogens is 344 g/mol. The third kappa shape index (κ3) is 3.96. The second-order valence-corrected chi connectivity index (χ2v) is 8.10. The molecule has 1 aromatic carbocycles. The van der Waals surface area contributed by atoms with E-state index in [0.29, 0.717) is 13.0 Å². The Kier molecular flexibility index (Phi) is 4.70. The molecule has 1 fully saturated rings. The number of sulfone groups is 1. The minimum absolute atomic E-state index is 0.0633. The molecule has 1 aromatic rings. The molecule has 1 aliphatic rings. The summed E-state index contributed by atoms with van der Waals surface area (Å²) in [5.41, 5.74) is 0.986. The molecule has 20 heavy (non-hydrogen) atoms. The van der Waals surface area contributed by atoms with Crippen molar-refractivity contribution in [3.8, 4) is 0 Å². The number of carbonyl (C=O) groups excluding carboxylic acids is 1. The van der Waals surface area contributed by atoms with Gasteiger partial charge in [0.2, 0.25) is 0 Å². The van der Waals surface area contributed by atoms with Gasteiger partial charge in [-0.25, -0.2) is 13.2 Å². The average Bonchev–Trinajstić information content (AvgIpc) is 2.75. The zero-order valence-electron chi connectivity index (χ0n) is 11.2. The lowest BCUT2D eigenvalue weighted by Gasteiger charge is -2.23. The van der Waals surface area contributed by atoms with Gasteiger partial charge in [-0.1, -0.05) is 28.1 Å². The highest BCUT2D eigenvalue weighted by molar-refractivity contribution is 9.10. The van der Waals surface area contributed by atoms with Gasteiger partial charge in [-0.15, -0.1) is 0 Å². The first-order valence-electron chi connectivity index (χ1n) is 6.33. The zero-order valence-corrected chi connectivity index (χ0v) is 13.6. The molecule has 1 saturated heterocycles. The van der Waals surface area contributed by atoms with Gasteiger partial charge in [0, 0.05) is 24.1 Å². The lowest BCUT2D eigenvalue weighted by atomic mass is 10.2. The molecule has 1 aliphatic heterocycles. The molecule has 1 atom stereocenters. The smallest absolute Gasteiger partial charge is 0.317 e. The first kappa shape index (κ1) is 15.3. The fourth-order valence-electron chi connectivity index (χ4n) is 2.20. The van der Waals surface area contributed by atoms with Gasteiger partial charge >= 0.3 is 6.03 Å². The van der Waals surface area contributed by atoms with Gasteiger partial charge in [0.05, 0.1) is 11.5 Å². The number of hydrogen-bond donors (Lipinski definition) is 1. The van der Waals surface area contributed by atoms with E-state index in [1.165, 1.54) is 4.90 Å². The number of amides is 2. The summed E-state index contributed by atoms with van der Waals surface area (Å²) in [5.74, 6) is 0.231. The van der Waals surface area contributed by atoms with Crippen LogP contribution in [0, 0.1) is 0 Å². The van der Waals surface area contributed by atoms with E-state index in [4.69, 9.17) is 0 Å². The van der Waals surface area contributed by atoms with E-state index >= 15 is 0 Å². The standard InChI is InChI=1S/C13H17BrN2O3S/c1-16(12-5-6-20(18,19)9-12)13(17)15-8-10-3-2-4-11(14)7-10/h2-4,7,12H,5-6,8-9H2,1H3,(H,15,17). The van der Waals surface area contributed by atoms with E-state index in [2.05, 4.69) is 21.2 Å². The number of urea groups is 1. The summed E-state index contributed by atoms with van der Waals surface area (Å²) < 4.78 is 23.8. The van der Waals surface area contributed by atoms with Gasteiger partial charge in [-0.2, -0.15) is 0 Å². The van der Waals surface area contributed by atoms with Crippen LogP contribution in [0.4, 0.5) is 4.79 Å². The maximum Gasteiger partial charge on any atom is 0.317 e. The summed E-state index contributed by atoms with van der Waals surface area (Å²) in [6.45, 7) is 0.419. The second kappa shape index (κ2) is 6.13. The van der Waals surface area contributed by atoms with E-state index in [1.807, 2.05) is 24.3 Å². The molecule has 0 aliphatic carbocycles. The van der Waals surface area contributed by atoms with Crippen LogP contribution in [0.1, 0.15) is 12.0 Å². The molecule has 0 aromatic heterocycles. The number of nitrogens with zero attached hydrogens (tertiary/aromatic N) is 1. The number of nitrogens with one attached hydrogen (secondary N) is 1. The van der Waals surface area contributed by atoms with Crippen LogP contribution in [0.15, 0.2) is 28.7 Å². The minimum atomic E-state index is -2.97. The van der Waals surface area contributed by atoms with E-state index in [-0.39, 0.29) is 23.6 Å². The third-order valence-corrected chi connectivity index (χ3v) is 5.65. The predicted octanol–water partition coefficient (Wildman–Crippen LogP) is 1.78. The molecule has 5 nitrogen and oxygen atoms in total. The van der Waals surface area contributed by atoms with Gasteiger partial charge in [0.1, 0.15) is 0 Å². The van der Waals surface area contributed by atoms with Crippen molar-refractivity contribution in [1.29, 1.82) is 0 Å². The van der Waals surface area contributed by atoms with Gasteiger partial charge in [-0.05, 0) is 24.1 Å². The minimum Gasteiger partial charge on any atom is -0.334 e. The second-order valence-electron chi connectivity index (χ2n) is 4.96. The summed E-state index contributed by atoms with van der Waals surface area (Å²) in [6.07, 6.45) is 0.517. The lowest BCUT2D eigenvalue weighted by Crippen LogP contribution is -2.43. The largest absolute Gasteiger partial charge is 0.334 e. The Morgan fingerprint density at radius 1 is 1.50 bits per heavy atom. The summed E-state index contributed by atoms with van der Waals surface area (Å²) >= 11 is 3.37. The Balaban J connectivity index is 1.89. The van der Waals surface area contributed by atoms with Gasteiger partial charge in [0.25, 0.3) is 0 Å². The van der Waals surface area contributed by atoms with Crippen molar-refractivity contribution in [3.05, 3.63) is 34.3 Å². The van der Waals surface area contributed by atoms with Gasteiger partial charge in [0.15, 0.2) is 9.84 Å². The summed E-state index contributed by atoms with van der Waals surface area (Å²) in [6, 6.07) is 7.21. The third-order valence-electron chi connectivity index (χ3n) is 3.41. The molecule has 0 radical (unpaired) electrons. The molecule has 0 saturated carbocycles. The fourth-order valence-corrected chi connectivity index (χ4v) is 4.42. The van der Waals surface area contributed by atoms with Crippen molar-refractivity contribution >= 4 is 31.8 Å². The quantitative estimate of drug-likeness (QED) is 0.893. The van der Waals surface area contributed by atoms with Crippen LogP contribution in [0.2, 0.25) is 0 Å². The first-order valence-corrected chi connectivity index (χ1v) is 8.94. The molecule has 1 unspecified atom stereocenters. The molecule has 1 heterocycles. The average molecular weight is 361 g/mol. The Morgan fingerprint density at radius 3 is 2.85 bits per heavy atom. The summed E-state index contributed by atoms with van der Waals surface area (Å²) in [4.78, 5) is 13.5. The van der Waals surface area contributed by atoms with Crippen LogP contribution in [-0.4, -0.2) is 43.9 Å². The fraction of sp³-hybridized carbons (Fsp3) is 0.462. The maximum atomic E-state index is 12.0. The van der Waals surface area contributed by atoms with Crippen molar-refractivity contribution in [2.24, 2.45) is 0 Å². The first-order chi connectivity index (χ1) is 9.37. The normalized spacial score (nSPS) is 20.6. The number of benzene rings is 1. The Labute approximate surface area is 127 Å². The van der Waals surface area contributed by atoms with Gasteiger partial charge in [-0.3, -0.25) is 0 Å². The SMILES string of the molecule is CN(C(=O)NCc1cccc(Br)c1)C1CCS(=O)(=O)C1. The maximum absolute atomic E-state index is 12.0. The van der Waals surface area contributed by atoms with Gasteiger partial charge < -0.3 is 10.2 Å². The van der Waals surface area contributed by atoms with E-state index in [0.717, 1.165) is 10.0 Å². The van der Waals surface area contributed by atoms with Crippen LogP contribution < -0.4 is 5.32 Å². The highest BCUT2D eigenvalue weighted by atomic mass is 79.9. The van der Waals surface area contributed by atoms with E-state index in [9.17, 15) is 13.2 Å². The summed E-state index contributed by atoms with van der Waals surface area (Å²) in [7, 11) is -1.33. The van der Waals surface area contributed by atoms with Crippen molar-refractivity contribution in [3.63, 3.8) is 0 Å². The number of hydrogen-bond acceptors (Lipinski definition) is 3.